The van der Waals surface area contributed by atoms with E-state index in [9.17, 15) is 9.59 Å². The number of carboxylic acids is 1. The summed E-state index contributed by atoms with van der Waals surface area (Å²) >= 11 is 0. The number of hydrogen-bond acceptors (Lipinski definition) is 4. The fourth-order valence-corrected chi connectivity index (χ4v) is 1.65. The summed E-state index contributed by atoms with van der Waals surface area (Å²) in [4.78, 5) is 22.2. The highest BCUT2D eigenvalue weighted by Gasteiger charge is 2.04. The van der Waals surface area contributed by atoms with Gasteiger partial charge in [-0.2, -0.15) is 10.2 Å². The predicted molar refractivity (Wildman–Crippen MR) is 75.7 cm³/mol. The summed E-state index contributed by atoms with van der Waals surface area (Å²) in [7, 11) is 0. The van der Waals surface area contributed by atoms with Crippen molar-refractivity contribution in [3.63, 3.8) is 0 Å². The van der Waals surface area contributed by atoms with Crippen LogP contribution in [0.5, 0.6) is 0 Å². The van der Waals surface area contributed by atoms with Crippen molar-refractivity contribution in [2.24, 2.45) is 0 Å². The molecular formula is C14H14N4O3. The van der Waals surface area contributed by atoms with Crippen LogP contribution in [0, 0.1) is 0 Å². The van der Waals surface area contributed by atoms with E-state index in [0.717, 1.165) is 0 Å². The van der Waals surface area contributed by atoms with Crippen LogP contribution in [-0.2, 0) is 17.8 Å². The highest BCUT2D eigenvalue weighted by atomic mass is 16.4. The van der Waals surface area contributed by atoms with Gasteiger partial charge < -0.3 is 15.7 Å². The Kier molecular flexibility index (Phi) is 4.81. The minimum Gasteiger partial charge on any atom is -0.481 e. The molecule has 3 N–H and O–H groups in total. The van der Waals surface area contributed by atoms with Crippen molar-refractivity contribution >= 4 is 17.7 Å². The Balaban J connectivity index is 1.83. The largest absolute Gasteiger partial charge is 0.481 e. The number of urea groups is 1. The van der Waals surface area contributed by atoms with Gasteiger partial charge in [0, 0.05) is 11.9 Å². The number of carboxylic acid groups (broad SMARTS) is 1. The van der Waals surface area contributed by atoms with Gasteiger partial charge in [0.1, 0.15) is 0 Å². The number of aromatic nitrogens is 2. The molecule has 2 rings (SSSR count). The van der Waals surface area contributed by atoms with Gasteiger partial charge in [0.25, 0.3) is 0 Å². The van der Waals surface area contributed by atoms with E-state index in [1.165, 1.54) is 0 Å². The Morgan fingerprint density at radius 2 is 1.90 bits per heavy atom. The molecule has 1 aromatic heterocycles. The maximum atomic E-state index is 11.7. The lowest BCUT2D eigenvalue weighted by atomic mass is 10.1. The molecule has 1 aromatic carbocycles. The molecule has 0 spiro atoms. The maximum Gasteiger partial charge on any atom is 0.319 e. The molecule has 0 aliphatic carbocycles. The third-order valence-electron chi connectivity index (χ3n) is 2.62. The lowest BCUT2D eigenvalue weighted by Crippen LogP contribution is -2.28. The molecule has 0 atom stereocenters. The number of anilines is 1. The fraction of sp³-hybridized carbons (Fsp3) is 0.143. The van der Waals surface area contributed by atoms with E-state index < -0.39 is 5.97 Å². The molecule has 0 aliphatic rings. The molecule has 7 nitrogen and oxygen atoms in total. The maximum absolute atomic E-state index is 11.7. The lowest BCUT2D eigenvalue weighted by Gasteiger charge is -2.07. The average Bonchev–Trinajstić information content (AvgIpc) is 2.48. The van der Waals surface area contributed by atoms with E-state index in [2.05, 4.69) is 20.8 Å². The minimum atomic E-state index is -0.891. The summed E-state index contributed by atoms with van der Waals surface area (Å²) in [6, 6.07) is 9.75. The van der Waals surface area contributed by atoms with E-state index in [1.807, 2.05) is 0 Å². The zero-order chi connectivity index (χ0) is 15.1. The number of amides is 2. The standard InChI is InChI=1S/C14H14N4O3/c19-13(20)8-10-3-5-11(6-4-10)17-14(21)15-9-12-2-1-7-16-18-12/h1-7H,8-9H2,(H,19,20)(H2,15,17,21). The van der Waals surface area contributed by atoms with Crippen LogP contribution in [0.3, 0.4) is 0 Å². The topological polar surface area (TPSA) is 104 Å². The van der Waals surface area contributed by atoms with Crippen LogP contribution in [0.2, 0.25) is 0 Å². The highest BCUT2D eigenvalue weighted by molar-refractivity contribution is 5.89. The predicted octanol–water partition coefficient (Wildman–Crippen LogP) is 1.43. The van der Waals surface area contributed by atoms with Gasteiger partial charge in [-0.05, 0) is 29.8 Å². The van der Waals surface area contributed by atoms with E-state index in [-0.39, 0.29) is 19.0 Å². The van der Waals surface area contributed by atoms with Crippen molar-refractivity contribution in [3.05, 3.63) is 53.9 Å². The van der Waals surface area contributed by atoms with E-state index in [0.29, 0.717) is 16.9 Å². The number of hydrogen-bond donors (Lipinski definition) is 3. The molecule has 2 amide bonds. The van der Waals surface area contributed by atoms with Crippen molar-refractivity contribution in [1.29, 1.82) is 0 Å². The Labute approximate surface area is 121 Å². The molecule has 0 saturated heterocycles. The first kappa shape index (κ1) is 14.4. The molecule has 1 heterocycles. The molecule has 0 bridgehead atoms. The third kappa shape index (κ3) is 4.90. The summed E-state index contributed by atoms with van der Waals surface area (Å²) < 4.78 is 0. The Morgan fingerprint density at radius 1 is 1.14 bits per heavy atom. The first-order valence-electron chi connectivity index (χ1n) is 6.25. The second-order valence-corrected chi connectivity index (χ2v) is 4.29. The van der Waals surface area contributed by atoms with Gasteiger partial charge in [0.2, 0.25) is 0 Å². The number of nitrogens with one attached hydrogen (secondary N) is 2. The molecular weight excluding hydrogens is 272 g/mol. The Morgan fingerprint density at radius 3 is 2.52 bits per heavy atom. The lowest BCUT2D eigenvalue weighted by molar-refractivity contribution is -0.136. The van der Waals surface area contributed by atoms with Crippen LogP contribution in [0.25, 0.3) is 0 Å². The summed E-state index contributed by atoms with van der Waals surface area (Å²) in [5, 5.41) is 21.5. The van der Waals surface area contributed by atoms with Gasteiger partial charge in [0.15, 0.2) is 0 Å². The highest BCUT2D eigenvalue weighted by Crippen LogP contribution is 2.10. The summed E-state index contributed by atoms with van der Waals surface area (Å²) in [6.07, 6.45) is 1.52. The van der Waals surface area contributed by atoms with Gasteiger partial charge in [-0.3, -0.25) is 4.79 Å². The first-order valence-corrected chi connectivity index (χ1v) is 6.25. The minimum absolute atomic E-state index is 0.0425. The van der Waals surface area contributed by atoms with Crippen molar-refractivity contribution in [1.82, 2.24) is 15.5 Å². The second-order valence-electron chi connectivity index (χ2n) is 4.29. The zero-order valence-corrected chi connectivity index (χ0v) is 11.1. The van der Waals surface area contributed by atoms with Gasteiger partial charge >= 0.3 is 12.0 Å². The molecule has 0 aliphatic heterocycles. The number of aliphatic carboxylic acids is 1. The van der Waals surface area contributed by atoms with Crippen LogP contribution >= 0.6 is 0 Å². The van der Waals surface area contributed by atoms with Crippen molar-refractivity contribution in [2.45, 2.75) is 13.0 Å². The molecule has 2 aromatic rings. The number of rotatable bonds is 5. The quantitative estimate of drug-likeness (QED) is 0.771. The number of carbonyl (C=O) groups is 2. The molecule has 21 heavy (non-hydrogen) atoms. The molecule has 0 unspecified atom stereocenters. The monoisotopic (exact) mass is 286 g/mol. The number of nitrogens with zero attached hydrogens (tertiary/aromatic N) is 2. The molecule has 0 radical (unpaired) electrons. The van der Waals surface area contributed by atoms with Crippen molar-refractivity contribution in [3.8, 4) is 0 Å². The smallest absolute Gasteiger partial charge is 0.319 e. The van der Waals surface area contributed by atoms with E-state index in [4.69, 9.17) is 5.11 Å². The normalized spacial score (nSPS) is 9.90. The second kappa shape index (κ2) is 6.99. The average molecular weight is 286 g/mol. The molecule has 0 fully saturated rings. The van der Waals surface area contributed by atoms with Gasteiger partial charge in [-0.25, -0.2) is 4.79 Å². The molecule has 0 saturated carbocycles. The molecule has 108 valence electrons. The summed E-state index contributed by atoms with van der Waals surface area (Å²) in [5.74, 6) is -0.891. The Hall–Kier alpha value is -2.96. The zero-order valence-electron chi connectivity index (χ0n) is 11.1. The summed E-state index contributed by atoms with van der Waals surface area (Å²) in [5.41, 5.74) is 1.92. The van der Waals surface area contributed by atoms with Crippen LogP contribution in [0.1, 0.15) is 11.3 Å². The first-order chi connectivity index (χ1) is 10.1. The SMILES string of the molecule is O=C(O)Cc1ccc(NC(=O)NCc2cccnn2)cc1. The van der Waals surface area contributed by atoms with Gasteiger partial charge in [-0.15, -0.1) is 0 Å². The molecule has 7 heteroatoms. The van der Waals surface area contributed by atoms with Crippen LogP contribution in [0.4, 0.5) is 10.5 Å². The van der Waals surface area contributed by atoms with Crippen molar-refractivity contribution in [2.75, 3.05) is 5.32 Å². The van der Waals surface area contributed by atoms with Crippen molar-refractivity contribution < 1.29 is 14.7 Å². The van der Waals surface area contributed by atoms with E-state index >= 15 is 0 Å². The van der Waals surface area contributed by atoms with Crippen LogP contribution in [0.15, 0.2) is 42.6 Å². The number of benzene rings is 1. The fourth-order valence-electron chi connectivity index (χ4n) is 1.65. The van der Waals surface area contributed by atoms with Crippen LogP contribution < -0.4 is 10.6 Å². The van der Waals surface area contributed by atoms with Crippen LogP contribution in [-0.4, -0.2) is 27.3 Å². The van der Waals surface area contributed by atoms with Gasteiger partial charge in [-0.1, -0.05) is 12.1 Å². The number of carbonyl (C=O) groups excluding carboxylic acids is 1. The van der Waals surface area contributed by atoms with E-state index in [1.54, 1.807) is 42.6 Å². The Bertz CT molecular complexity index is 614. The van der Waals surface area contributed by atoms with Gasteiger partial charge in [0.05, 0.1) is 18.7 Å². The summed E-state index contributed by atoms with van der Waals surface area (Å²) in [6.45, 7) is 0.275. The third-order valence-corrected chi connectivity index (χ3v) is 2.62.